The van der Waals surface area contributed by atoms with Crippen molar-refractivity contribution in [3.05, 3.63) is 29.3 Å². The highest BCUT2D eigenvalue weighted by Crippen LogP contribution is 2.69. The number of fused-ring (bicyclic) bond motifs is 2. The SMILES string of the molecule is Cc1ccc(NC(=O)[C@@]23CC[C@@](C)(C(=O)C2=O)C3(C)C)c(C)c1. The summed E-state index contributed by atoms with van der Waals surface area (Å²) in [6.45, 7) is 9.49. The molecule has 0 radical (unpaired) electrons. The number of ketones is 2. The van der Waals surface area contributed by atoms with Crippen LogP contribution < -0.4 is 5.32 Å². The van der Waals surface area contributed by atoms with E-state index in [4.69, 9.17) is 0 Å². The number of benzene rings is 1. The van der Waals surface area contributed by atoms with Gasteiger partial charge in [-0.05, 0) is 43.7 Å². The van der Waals surface area contributed by atoms with Gasteiger partial charge >= 0.3 is 0 Å². The molecule has 2 aliphatic rings. The van der Waals surface area contributed by atoms with Crippen molar-refractivity contribution >= 4 is 23.2 Å². The second kappa shape index (κ2) is 4.53. The molecule has 0 heterocycles. The van der Waals surface area contributed by atoms with Crippen LogP contribution in [0, 0.1) is 30.1 Å². The van der Waals surface area contributed by atoms with Crippen LogP contribution in [0.4, 0.5) is 5.69 Å². The first-order valence-corrected chi connectivity index (χ1v) is 8.06. The molecule has 23 heavy (non-hydrogen) atoms. The van der Waals surface area contributed by atoms with E-state index >= 15 is 0 Å². The van der Waals surface area contributed by atoms with Crippen LogP contribution in [0.25, 0.3) is 0 Å². The highest BCUT2D eigenvalue weighted by atomic mass is 16.2. The van der Waals surface area contributed by atoms with Gasteiger partial charge < -0.3 is 5.32 Å². The number of hydrogen-bond donors (Lipinski definition) is 1. The Morgan fingerprint density at radius 2 is 1.70 bits per heavy atom. The van der Waals surface area contributed by atoms with E-state index in [1.807, 2.05) is 52.8 Å². The molecule has 122 valence electrons. The summed E-state index contributed by atoms with van der Waals surface area (Å²) in [5.41, 5.74) is 0.118. The quantitative estimate of drug-likeness (QED) is 0.673. The summed E-state index contributed by atoms with van der Waals surface area (Å²) in [6.07, 6.45) is 1.03. The molecule has 0 saturated heterocycles. The summed E-state index contributed by atoms with van der Waals surface area (Å²) in [7, 11) is 0. The average molecular weight is 313 g/mol. The van der Waals surface area contributed by atoms with E-state index in [-0.39, 0.29) is 11.7 Å². The maximum atomic E-state index is 13.1. The zero-order chi connectivity index (χ0) is 17.2. The first-order valence-electron chi connectivity index (χ1n) is 8.06. The topological polar surface area (TPSA) is 63.2 Å². The van der Waals surface area contributed by atoms with Gasteiger partial charge in [-0.2, -0.15) is 0 Å². The molecule has 2 aliphatic carbocycles. The highest BCUT2D eigenvalue weighted by molar-refractivity contribution is 6.49. The molecular formula is C19H23NO3. The summed E-state index contributed by atoms with van der Waals surface area (Å²) < 4.78 is 0. The molecule has 4 nitrogen and oxygen atoms in total. The van der Waals surface area contributed by atoms with Gasteiger partial charge in [-0.25, -0.2) is 0 Å². The molecule has 1 aromatic rings. The van der Waals surface area contributed by atoms with E-state index in [1.54, 1.807) is 0 Å². The fourth-order valence-corrected chi connectivity index (χ4v) is 4.46. The molecular weight excluding hydrogens is 290 g/mol. The van der Waals surface area contributed by atoms with Gasteiger partial charge in [-0.3, -0.25) is 14.4 Å². The third-order valence-electron chi connectivity index (χ3n) is 6.56. The lowest BCUT2D eigenvalue weighted by Gasteiger charge is -2.37. The van der Waals surface area contributed by atoms with E-state index < -0.39 is 22.0 Å². The van der Waals surface area contributed by atoms with Gasteiger partial charge in [0.15, 0.2) is 0 Å². The van der Waals surface area contributed by atoms with Crippen LogP contribution >= 0.6 is 0 Å². The first kappa shape index (κ1) is 15.9. The lowest BCUT2D eigenvalue weighted by molar-refractivity contribution is -0.147. The van der Waals surface area contributed by atoms with Crippen molar-refractivity contribution in [2.45, 2.75) is 47.5 Å². The standard InChI is InChI=1S/C19H23NO3/c1-11-6-7-13(12(2)10-11)20-16(23)19-9-8-18(5,17(19,3)4)14(21)15(19)22/h6-7,10H,8-9H2,1-5H3,(H,20,23)/t18-,19+/m0/s1. The summed E-state index contributed by atoms with van der Waals surface area (Å²) >= 11 is 0. The maximum absolute atomic E-state index is 13.1. The molecule has 4 heteroatoms. The van der Waals surface area contributed by atoms with Gasteiger partial charge in [-0.15, -0.1) is 0 Å². The molecule has 0 aliphatic heterocycles. The van der Waals surface area contributed by atoms with E-state index in [9.17, 15) is 14.4 Å². The Morgan fingerprint density at radius 1 is 1.04 bits per heavy atom. The average Bonchev–Trinajstić information content (AvgIpc) is 2.74. The molecule has 2 fully saturated rings. The second-order valence-electron chi connectivity index (χ2n) is 7.79. The van der Waals surface area contributed by atoms with Crippen LogP contribution in [0.3, 0.4) is 0 Å². The molecule has 1 N–H and O–H groups in total. The van der Waals surface area contributed by atoms with Crippen molar-refractivity contribution in [1.82, 2.24) is 0 Å². The lowest BCUT2D eigenvalue weighted by Crippen LogP contribution is -2.47. The zero-order valence-corrected chi connectivity index (χ0v) is 14.4. The number of aryl methyl sites for hydroxylation is 2. The number of nitrogens with one attached hydrogen (secondary N) is 1. The number of carbonyl (C=O) groups is 3. The van der Waals surface area contributed by atoms with Crippen LogP contribution in [0.2, 0.25) is 0 Å². The van der Waals surface area contributed by atoms with Crippen LogP contribution in [0.1, 0.15) is 44.7 Å². The van der Waals surface area contributed by atoms with Crippen molar-refractivity contribution in [2.75, 3.05) is 5.32 Å². The third-order valence-corrected chi connectivity index (χ3v) is 6.56. The highest BCUT2D eigenvalue weighted by Gasteiger charge is 2.77. The van der Waals surface area contributed by atoms with Gasteiger partial charge in [-0.1, -0.05) is 38.5 Å². The Bertz CT molecular complexity index is 749. The van der Waals surface area contributed by atoms with Crippen molar-refractivity contribution in [1.29, 1.82) is 0 Å². The lowest BCUT2D eigenvalue weighted by atomic mass is 9.64. The molecule has 2 atom stereocenters. The van der Waals surface area contributed by atoms with Crippen LogP contribution in [-0.4, -0.2) is 17.5 Å². The monoisotopic (exact) mass is 313 g/mol. The van der Waals surface area contributed by atoms with E-state index in [2.05, 4.69) is 5.32 Å². The Morgan fingerprint density at radius 3 is 2.22 bits per heavy atom. The predicted molar refractivity (Wildman–Crippen MR) is 88.1 cm³/mol. The van der Waals surface area contributed by atoms with Crippen LogP contribution in [0.5, 0.6) is 0 Å². The number of rotatable bonds is 2. The molecule has 3 rings (SSSR count). The Labute approximate surface area is 136 Å². The third kappa shape index (κ3) is 1.69. The number of hydrogen-bond acceptors (Lipinski definition) is 3. The van der Waals surface area contributed by atoms with Gasteiger partial charge in [0, 0.05) is 11.1 Å². The minimum atomic E-state index is -1.24. The van der Waals surface area contributed by atoms with Crippen molar-refractivity contribution < 1.29 is 14.4 Å². The van der Waals surface area contributed by atoms with Gasteiger partial charge in [0.05, 0.1) is 0 Å². The number of anilines is 1. The zero-order valence-electron chi connectivity index (χ0n) is 14.4. The molecule has 1 aromatic carbocycles. The second-order valence-corrected chi connectivity index (χ2v) is 7.79. The summed E-state index contributed by atoms with van der Waals surface area (Å²) in [5, 5.41) is 2.91. The largest absolute Gasteiger partial charge is 0.325 e. The minimum Gasteiger partial charge on any atom is -0.325 e. The molecule has 0 spiro atoms. The molecule has 1 amide bonds. The van der Waals surface area contributed by atoms with Crippen LogP contribution in [0.15, 0.2) is 18.2 Å². The van der Waals surface area contributed by atoms with Crippen molar-refractivity contribution in [3.63, 3.8) is 0 Å². The normalized spacial score (nSPS) is 31.5. The fraction of sp³-hybridized carbons (Fsp3) is 0.526. The number of Topliss-reactive ketones (excluding diaryl/α,β-unsaturated/α-hetero) is 2. The van der Waals surface area contributed by atoms with E-state index in [0.29, 0.717) is 18.5 Å². The Hall–Kier alpha value is -1.97. The number of carbonyl (C=O) groups excluding carboxylic acids is 3. The fourth-order valence-electron chi connectivity index (χ4n) is 4.46. The molecule has 2 saturated carbocycles. The van der Waals surface area contributed by atoms with E-state index in [1.165, 1.54) is 0 Å². The number of amides is 1. The van der Waals surface area contributed by atoms with E-state index in [0.717, 1.165) is 11.1 Å². The summed E-state index contributed by atoms with van der Waals surface area (Å²) in [5.74, 6) is -1.24. The Balaban J connectivity index is 2.02. The summed E-state index contributed by atoms with van der Waals surface area (Å²) in [4.78, 5) is 38.2. The van der Waals surface area contributed by atoms with Crippen LogP contribution in [-0.2, 0) is 14.4 Å². The molecule has 2 bridgehead atoms. The van der Waals surface area contributed by atoms with Crippen molar-refractivity contribution in [2.24, 2.45) is 16.2 Å². The predicted octanol–water partition coefficient (Wildman–Crippen LogP) is 3.21. The van der Waals surface area contributed by atoms with Gasteiger partial charge in [0.2, 0.25) is 17.5 Å². The minimum absolute atomic E-state index is 0.339. The Kier molecular flexibility index (Phi) is 3.13. The van der Waals surface area contributed by atoms with Gasteiger partial charge in [0.1, 0.15) is 5.41 Å². The summed E-state index contributed by atoms with van der Waals surface area (Å²) in [6, 6.07) is 5.76. The van der Waals surface area contributed by atoms with Gasteiger partial charge in [0.25, 0.3) is 0 Å². The smallest absolute Gasteiger partial charge is 0.239 e. The van der Waals surface area contributed by atoms with Crippen molar-refractivity contribution in [3.8, 4) is 0 Å². The molecule has 0 unspecified atom stereocenters. The molecule has 0 aromatic heterocycles. The first-order chi connectivity index (χ1) is 10.6. The maximum Gasteiger partial charge on any atom is 0.239 e.